The summed E-state index contributed by atoms with van der Waals surface area (Å²) in [5, 5.41) is 4.43. The first-order chi connectivity index (χ1) is 9.22. The molecule has 1 heterocycles. The average molecular weight is 324 g/mol. The lowest BCUT2D eigenvalue weighted by Gasteiger charge is -2.02. The van der Waals surface area contributed by atoms with Crippen LogP contribution in [0.2, 0.25) is 0 Å². The number of hydrogen-bond donors (Lipinski definition) is 1. The molecule has 0 spiro atoms. The van der Waals surface area contributed by atoms with Crippen LogP contribution >= 0.6 is 15.9 Å². The van der Waals surface area contributed by atoms with E-state index >= 15 is 0 Å². The van der Waals surface area contributed by atoms with Gasteiger partial charge in [-0.3, -0.25) is 0 Å². The minimum atomic E-state index is -0.205. The lowest BCUT2D eigenvalue weighted by molar-refractivity contribution is 0.505. The average Bonchev–Trinajstić information content (AvgIpc) is 3.26. The second-order valence-corrected chi connectivity index (χ2v) is 6.49. The molecule has 0 amide bonds. The summed E-state index contributed by atoms with van der Waals surface area (Å²) in [7, 11) is 0. The smallest absolute Gasteiger partial charge is 0.149 e. The van der Waals surface area contributed by atoms with Crippen LogP contribution in [0.15, 0.2) is 21.0 Å². The van der Waals surface area contributed by atoms with Crippen molar-refractivity contribution in [2.75, 3.05) is 0 Å². The van der Waals surface area contributed by atoms with Crippen LogP contribution < -0.4 is 5.32 Å². The van der Waals surface area contributed by atoms with E-state index in [1.165, 1.54) is 37.3 Å². The van der Waals surface area contributed by atoms with Gasteiger partial charge in [-0.1, -0.05) is 0 Å². The minimum Gasteiger partial charge on any atom is -0.458 e. The Morgan fingerprint density at radius 1 is 1.26 bits per heavy atom. The molecule has 2 aromatic rings. The molecule has 0 radical (unpaired) electrons. The Morgan fingerprint density at radius 2 is 2.05 bits per heavy atom. The molecule has 0 atom stereocenters. The Labute approximate surface area is 119 Å². The van der Waals surface area contributed by atoms with Gasteiger partial charge in [-0.2, -0.15) is 0 Å². The third-order valence-corrected chi connectivity index (χ3v) is 4.53. The van der Waals surface area contributed by atoms with E-state index in [0.29, 0.717) is 16.4 Å². The maximum absolute atomic E-state index is 13.6. The zero-order valence-electron chi connectivity index (χ0n) is 10.5. The van der Waals surface area contributed by atoms with Crippen molar-refractivity contribution in [1.29, 1.82) is 0 Å². The molecule has 1 aromatic carbocycles. The van der Waals surface area contributed by atoms with Crippen LogP contribution in [0.1, 0.15) is 42.9 Å². The van der Waals surface area contributed by atoms with Crippen molar-refractivity contribution in [3.63, 3.8) is 0 Å². The third kappa shape index (κ3) is 2.21. The normalized spacial score (nSPS) is 19.3. The highest BCUT2D eigenvalue weighted by atomic mass is 79.9. The van der Waals surface area contributed by atoms with Crippen LogP contribution in [0.3, 0.4) is 0 Å². The number of nitrogens with one attached hydrogen (secondary N) is 1. The molecular formula is C15H15BrFNO. The zero-order valence-corrected chi connectivity index (χ0v) is 12.1. The van der Waals surface area contributed by atoms with Crippen LogP contribution in [-0.4, -0.2) is 6.04 Å². The molecule has 2 fully saturated rings. The van der Waals surface area contributed by atoms with Gasteiger partial charge in [-0.15, -0.1) is 0 Å². The van der Waals surface area contributed by atoms with Crippen molar-refractivity contribution in [2.45, 2.75) is 44.2 Å². The van der Waals surface area contributed by atoms with Gasteiger partial charge in [-0.25, -0.2) is 4.39 Å². The number of hydrogen-bond acceptors (Lipinski definition) is 2. The van der Waals surface area contributed by atoms with Crippen LogP contribution in [0, 0.1) is 5.82 Å². The van der Waals surface area contributed by atoms with Crippen LogP contribution in [-0.2, 0) is 6.54 Å². The third-order valence-electron chi connectivity index (χ3n) is 3.94. The topological polar surface area (TPSA) is 25.2 Å². The molecule has 2 aliphatic rings. The molecule has 0 unspecified atom stereocenters. The van der Waals surface area contributed by atoms with Crippen LogP contribution in [0.4, 0.5) is 4.39 Å². The van der Waals surface area contributed by atoms with Gasteiger partial charge in [-0.05, 0) is 59.7 Å². The fourth-order valence-corrected chi connectivity index (χ4v) is 3.18. The predicted molar refractivity (Wildman–Crippen MR) is 75.7 cm³/mol. The standard InChI is InChI=1S/C15H15BrFNO/c16-12-6-9(17)5-11-14(8-1-2-8)13(19-15(11)12)7-18-10-3-4-10/h5-6,8,10,18H,1-4,7H2. The second-order valence-electron chi connectivity index (χ2n) is 5.63. The maximum atomic E-state index is 13.6. The Hall–Kier alpha value is -0.870. The van der Waals surface area contributed by atoms with Gasteiger partial charge < -0.3 is 9.73 Å². The summed E-state index contributed by atoms with van der Waals surface area (Å²) in [6, 6.07) is 3.74. The van der Waals surface area contributed by atoms with Crippen molar-refractivity contribution in [1.82, 2.24) is 5.32 Å². The number of benzene rings is 1. The first-order valence-electron chi connectivity index (χ1n) is 6.86. The maximum Gasteiger partial charge on any atom is 0.149 e. The molecule has 2 aliphatic carbocycles. The Bertz CT molecular complexity index is 643. The molecule has 1 aromatic heterocycles. The summed E-state index contributed by atoms with van der Waals surface area (Å²) < 4.78 is 20.3. The van der Waals surface area contributed by atoms with E-state index in [9.17, 15) is 4.39 Å². The summed E-state index contributed by atoms with van der Waals surface area (Å²) in [4.78, 5) is 0. The van der Waals surface area contributed by atoms with E-state index in [4.69, 9.17) is 4.42 Å². The Morgan fingerprint density at radius 3 is 2.74 bits per heavy atom. The minimum absolute atomic E-state index is 0.205. The zero-order chi connectivity index (χ0) is 13.0. The quantitative estimate of drug-likeness (QED) is 0.898. The lowest BCUT2D eigenvalue weighted by Crippen LogP contribution is -2.15. The van der Waals surface area contributed by atoms with Gasteiger partial charge >= 0.3 is 0 Å². The summed E-state index contributed by atoms with van der Waals surface area (Å²) in [5.41, 5.74) is 2.01. The molecule has 0 saturated heterocycles. The molecule has 0 aliphatic heterocycles. The molecular weight excluding hydrogens is 309 g/mol. The van der Waals surface area contributed by atoms with Crippen LogP contribution in [0.25, 0.3) is 11.0 Å². The molecule has 4 rings (SSSR count). The van der Waals surface area contributed by atoms with Crippen molar-refractivity contribution in [3.05, 3.63) is 33.7 Å². The first-order valence-corrected chi connectivity index (χ1v) is 7.65. The van der Waals surface area contributed by atoms with Gasteiger partial charge in [0.25, 0.3) is 0 Å². The van der Waals surface area contributed by atoms with Crippen LogP contribution in [0.5, 0.6) is 0 Å². The van der Waals surface area contributed by atoms with E-state index < -0.39 is 0 Å². The van der Waals surface area contributed by atoms with Crippen molar-refractivity contribution >= 4 is 26.9 Å². The fraction of sp³-hybridized carbons (Fsp3) is 0.467. The van der Waals surface area contributed by atoms with Gasteiger partial charge in [0.15, 0.2) is 0 Å². The van der Waals surface area contributed by atoms with Gasteiger partial charge in [0, 0.05) is 17.0 Å². The van der Waals surface area contributed by atoms with Crippen molar-refractivity contribution in [3.8, 4) is 0 Å². The Kier molecular flexibility index (Phi) is 2.71. The van der Waals surface area contributed by atoms with E-state index in [2.05, 4.69) is 21.2 Å². The molecule has 19 heavy (non-hydrogen) atoms. The number of rotatable bonds is 4. The highest BCUT2D eigenvalue weighted by molar-refractivity contribution is 9.10. The highest BCUT2D eigenvalue weighted by Crippen LogP contribution is 2.47. The molecule has 2 saturated carbocycles. The number of halogens is 2. The monoisotopic (exact) mass is 323 g/mol. The van der Waals surface area contributed by atoms with E-state index in [1.807, 2.05) is 0 Å². The summed E-state index contributed by atoms with van der Waals surface area (Å²) in [6.45, 7) is 0.763. The summed E-state index contributed by atoms with van der Waals surface area (Å²) in [6.07, 6.45) is 4.91. The largest absolute Gasteiger partial charge is 0.458 e. The molecule has 100 valence electrons. The first kappa shape index (κ1) is 11.9. The van der Waals surface area contributed by atoms with E-state index in [-0.39, 0.29) is 5.82 Å². The van der Waals surface area contributed by atoms with E-state index in [0.717, 1.165) is 23.3 Å². The second kappa shape index (κ2) is 4.32. The van der Waals surface area contributed by atoms with Gasteiger partial charge in [0.2, 0.25) is 0 Å². The molecule has 4 heteroatoms. The summed E-state index contributed by atoms with van der Waals surface area (Å²) in [5.74, 6) is 1.35. The van der Waals surface area contributed by atoms with Crippen molar-refractivity contribution < 1.29 is 8.81 Å². The number of fused-ring (bicyclic) bond motifs is 1. The lowest BCUT2D eigenvalue weighted by atomic mass is 10.1. The van der Waals surface area contributed by atoms with Crippen molar-refractivity contribution in [2.24, 2.45) is 0 Å². The molecule has 2 nitrogen and oxygen atoms in total. The molecule has 1 N–H and O–H groups in total. The van der Waals surface area contributed by atoms with E-state index in [1.54, 1.807) is 6.07 Å². The predicted octanol–water partition coefficient (Wildman–Crippen LogP) is 4.46. The molecule has 0 bridgehead atoms. The SMILES string of the molecule is Fc1cc(Br)c2oc(CNC3CC3)c(C3CC3)c2c1. The Balaban J connectivity index is 1.81. The fourth-order valence-electron chi connectivity index (χ4n) is 2.67. The van der Waals surface area contributed by atoms with Gasteiger partial charge in [0.1, 0.15) is 17.2 Å². The summed E-state index contributed by atoms with van der Waals surface area (Å²) >= 11 is 3.40. The highest BCUT2D eigenvalue weighted by Gasteiger charge is 2.32. The van der Waals surface area contributed by atoms with Gasteiger partial charge in [0.05, 0.1) is 11.0 Å². The number of furan rings is 1.